The van der Waals surface area contributed by atoms with Crippen LogP contribution in [-0.4, -0.2) is 22.0 Å². The van der Waals surface area contributed by atoms with Crippen LogP contribution in [0.3, 0.4) is 0 Å². The number of hydrogen-bond acceptors (Lipinski definition) is 6. The smallest absolute Gasteiger partial charge is 0.397 e. The van der Waals surface area contributed by atoms with Crippen LogP contribution in [0.15, 0.2) is 37.0 Å². The molecule has 3 rings (SSSR count). The molecule has 6 nitrogen and oxygen atoms in total. The summed E-state index contributed by atoms with van der Waals surface area (Å²) in [6, 6.07) is 4.91. The lowest BCUT2D eigenvalue weighted by atomic mass is 10.0. The van der Waals surface area contributed by atoms with Gasteiger partial charge in [0.1, 0.15) is 0 Å². The van der Waals surface area contributed by atoms with Crippen molar-refractivity contribution < 1.29 is 17.4 Å². The van der Waals surface area contributed by atoms with Crippen molar-refractivity contribution in [3.05, 3.63) is 59.4 Å². The summed E-state index contributed by atoms with van der Waals surface area (Å²) in [5.41, 5.74) is 13.3. The van der Waals surface area contributed by atoms with Crippen LogP contribution < -0.4 is 16.4 Å². The fourth-order valence-electron chi connectivity index (χ4n) is 3.27. The predicted octanol–water partition coefficient (Wildman–Crippen LogP) is 4.30. The molecule has 1 aliphatic rings. The molecule has 168 valence electrons. The second-order valence-corrected chi connectivity index (χ2v) is 10.4. The molecule has 1 aromatic heterocycles. The number of hydrogen-bond donors (Lipinski definition) is 3. The molecule has 0 radical (unpaired) electrons. The van der Waals surface area contributed by atoms with E-state index in [1.165, 1.54) is 11.0 Å². The second-order valence-electron chi connectivity index (χ2n) is 7.91. The monoisotopic (exact) mass is 453 g/mol. The van der Waals surface area contributed by atoms with Gasteiger partial charge in [0.15, 0.2) is 0 Å². The number of pyridine rings is 1. The summed E-state index contributed by atoms with van der Waals surface area (Å²) in [4.78, 5) is 6.02. The van der Waals surface area contributed by atoms with E-state index in [2.05, 4.69) is 11.6 Å². The highest BCUT2D eigenvalue weighted by molar-refractivity contribution is 7.91. The number of anilines is 2. The highest BCUT2D eigenvalue weighted by Gasteiger charge is 2.40. The summed E-state index contributed by atoms with van der Waals surface area (Å²) in [5.74, 6) is 0.156. The molecule has 0 aliphatic heterocycles. The van der Waals surface area contributed by atoms with Crippen LogP contribution in [0.5, 0.6) is 0 Å². The van der Waals surface area contributed by atoms with Gasteiger partial charge in [-0.15, -0.1) is 0 Å². The van der Waals surface area contributed by atoms with Gasteiger partial charge < -0.3 is 16.4 Å². The number of nitrogens with zero attached hydrogens (tertiary/aromatic N) is 2. The molecule has 0 amide bonds. The van der Waals surface area contributed by atoms with E-state index in [1.807, 2.05) is 6.07 Å². The Balaban J connectivity index is 2.00. The van der Waals surface area contributed by atoms with Crippen molar-refractivity contribution >= 4 is 26.8 Å². The first-order valence-electron chi connectivity index (χ1n) is 9.69. The average molecular weight is 454 g/mol. The van der Waals surface area contributed by atoms with Crippen LogP contribution >= 0.6 is 0 Å². The zero-order valence-corrected chi connectivity index (χ0v) is 18.2. The van der Waals surface area contributed by atoms with Gasteiger partial charge in [0, 0.05) is 34.3 Å². The number of rotatable bonds is 7. The predicted molar refractivity (Wildman–Crippen MR) is 118 cm³/mol. The van der Waals surface area contributed by atoms with Crippen molar-refractivity contribution in [2.24, 2.45) is 5.73 Å². The first kappa shape index (κ1) is 23.1. The van der Waals surface area contributed by atoms with Gasteiger partial charge in [-0.2, -0.15) is 13.2 Å². The largest absolute Gasteiger partial charge is 0.416 e. The van der Waals surface area contributed by atoms with E-state index in [9.17, 15) is 17.4 Å². The van der Waals surface area contributed by atoms with Crippen LogP contribution in [0.4, 0.5) is 24.5 Å². The average Bonchev–Trinajstić information content (AvgIpc) is 3.44. The normalized spacial score (nSPS) is 17.1. The summed E-state index contributed by atoms with van der Waals surface area (Å²) < 4.78 is 59.5. The number of aromatic nitrogens is 1. The lowest BCUT2D eigenvalue weighted by Gasteiger charge is -2.25. The molecule has 1 atom stereocenters. The minimum atomic E-state index is -4.50. The number of nitrogens with one attached hydrogen (secondary N) is 1. The molecule has 31 heavy (non-hydrogen) atoms. The Kier molecular flexibility index (Phi) is 5.83. The Morgan fingerprint density at radius 2 is 2.00 bits per heavy atom. The Labute approximate surface area is 180 Å². The lowest BCUT2D eigenvalue weighted by molar-refractivity contribution is -0.137. The molecule has 0 saturated heterocycles. The molecule has 1 unspecified atom stereocenters. The standard InChI is InChI=1S/C21H26F3N5OS/c1-4-31(27,30)12-14-9-16(20(26)7-8-20)11-28-19(14)13(2)29(3)18-6-5-15(10-17(18)25)21(22,23)24/h5-6,9-11,27H,2,4,7-8,12,25-26H2,1,3H3. The van der Waals surface area contributed by atoms with Gasteiger partial charge in [-0.3, -0.25) is 9.76 Å². The minimum absolute atomic E-state index is 0.0227. The van der Waals surface area contributed by atoms with Gasteiger partial charge in [-0.1, -0.05) is 13.5 Å². The zero-order chi connectivity index (χ0) is 23.2. The molecule has 1 heterocycles. The van der Waals surface area contributed by atoms with E-state index in [0.717, 1.165) is 30.5 Å². The van der Waals surface area contributed by atoms with Crippen molar-refractivity contribution in [2.75, 3.05) is 23.4 Å². The highest BCUT2D eigenvalue weighted by Crippen LogP contribution is 2.43. The van der Waals surface area contributed by atoms with E-state index < -0.39 is 27.0 Å². The van der Waals surface area contributed by atoms with E-state index in [0.29, 0.717) is 22.6 Å². The number of nitrogen functional groups attached to an aromatic ring is 1. The maximum atomic E-state index is 13.0. The molecule has 1 aromatic carbocycles. The fourth-order valence-corrected chi connectivity index (χ4v) is 4.20. The third kappa shape index (κ3) is 4.85. The van der Waals surface area contributed by atoms with Crippen molar-refractivity contribution in [3.63, 3.8) is 0 Å². The van der Waals surface area contributed by atoms with Crippen LogP contribution in [0.25, 0.3) is 5.70 Å². The molecule has 2 aromatic rings. The summed E-state index contributed by atoms with van der Waals surface area (Å²) in [6.07, 6.45) is -1.22. The lowest BCUT2D eigenvalue weighted by Crippen LogP contribution is -2.22. The number of alkyl halides is 3. The first-order chi connectivity index (χ1) is 14.3. The SMILES string of the molecule is C=C(c1ncc(C2(N)CC2)cc1CS(=N)(=O)CC)N(C)c1ccc(C(F)(F)F)cc1N. The van der Waals surface area contributed by atoms with Crippen LogP contribution in [0.2, 0.25) is 0 Å². The maximum Gasteiger partial charge on any atom is 0.416 e. The van der Waals surface area contributed by atoms with Crippen molar-refractivity contribution in [1.82, 2.24) is 4.98 Å². The van der Waals surface area contributed by atoms with Crippen LogP contribution in [-0.2, 0) is 27.2 Å². The Morgan fingerprint density at radius 3 is 2.52 bits per heavy atom. The molecule has 1 aliphatic carbocycles. The number of benzene rings is 1. The molecule has 1 saturated carbocycles. The van der Waals surface area contributed by atoms with E-state index in [-0.39, 0.29) is 17.2 Å². The summed E-state index contributed by atoms with van der Waals surface area (Å²) in [7, 11) is -1.27. The molecule has 0 bridgehead atoms. The Morgan fingerprint density at radius 1 is 1.35 bits per heavy atom. The van der Waals surface area contributed by atoms with E-state index in [1.54, 1.807) is 20.2 Å². The van der Waals surface area contributed by atoms with Gasteiger partial charge in [-0.05, 0) is 48.2 Å². The maximum absolute atomic E-state index is 13.0. The van der Waals surface area contributed by atoms with Crippen molar-refractivity contribution in [2.45, 2.75) is 37.2 Å². The van der Waals surface area contributed by atoms with Crippen molar-refractivity contribution in [1.29, 1.82) is 4.78 Å². The first-order valence-corrected chi connectivity index (χ1v) is 11.6. The van der Waals surface area contributed by atoms with E-state index >= 15 is 0 Å². The summed E-state index contributed by atoms with van der Waals surface area (Å²) in [6.45, 7) is 5.72. The fraction of sp³-hybridized carbons (Fsp3) is 0.381. The molecule has 0 spiro atoms. The van der Waals surface area contributed by atoms with Crippen LogP contribution in [0.1, 0.15) is 42.1 Å². The Bertz CT molecular complexity index is 1120. The van der Waals surface area contributed by atoms with Gasteiger partial charge in [-0.25, -0.2) is 4.21 Å². The van der Waals surface area contributed by atoms with E-state index in [4.69, 9.17) is 16.2 Å². The van der Waals surface area contributed by atoms with Gasteiger partial charge in [0.25, 0.3) is 0 Å². The second kappa shape index (κ2) is 7.83. The van der Waals surface area contributed by atoms with Gasteiger partial charge in [0.05, 0.1) is 34.1 Å². The molecular weight excluding hydrogens is 427 g/mol. The van der Waals surface area contributed by atoms with Crippen LogP contribution in [0, 0.1) is 4.78 Å². The van der Waals surface area contributed by atoms with Gasteiger partial charge in [0.2, 0.25) is 0 Å². The highest BCUT2D eigenvalue weighted by atomic mass is 32.2. The zero-order valence-electron chi connectivity index (χ0n) is 17.4. The number of nitrogens with two attached hydrogens (primary N) is 2. The number of halogens is 3. The molecule has 10 heteroatoms. The molecule has 5 N–H and O–H groups in total. The third-order valence-electron chi connectivity index (χ3n) is 5.58. The summed E-state index contributed by atoms with van der Waals surface area (Å²) >= 11 is 0. The molecule has 1 fully saturated rings. The molecular formula is C21H26F3N5OS. The summed E-state index contributed by atoms with van der Waals surface area (Å²) in [5, 5.41) is 0. The topological polar surface area (TPSA) is 109 Å². The third-order valence-corrected chi connectivity index (χ3v) is 7.29. The quantitative estimate of drug-likeness (QED) is 0.542. The minimum Gasteiger partial charge on any atom is -0.397 e. The van der Waals surface area contributed by atoms with Gasteiger partial charge >= 0.3 is 6.18 Å². The van der Waals surface area contributed by atoms with Crippen molar-refractivity contribution in [3.8, 4) is 0 Å². The Hall–Kier alpha value is -2.59.